The van der Waals surface area contributed by atoms with Crippen LogP contribution in [0.5, 0.6) is 0 Å². The van der Waals surface area contributed by atoms with E-state index in [4.69, 9.17) is 11.6 Å². The van der Waals surface area contributed by atoms with Gasteiger partial charge in [-0.3, -0.25) is 0 Å². The fraction of sp³-hybridized carbons (Fsp3) is 0.385. The number of fused-ring (bicyclic) bond motifs is 1. The molecular weight excluding hydrogens is 292 g/mol. The standard InChI is InChI=1S/C13H15ClN6O/c1-13(2,3)9-7(4-21)10(14)20(19-9)12-8-11(16-5-15-8)17-6-18-12/h5-6,21H,4H2,1-3H3,(H,15,16,17,18). The second-order valence-electron chi connectivity index (χ2n) is 5.74. The summed E-state index contributed by atoms with van der Waals surface area (Å²) < 4.78 is 1.51. The van der Waals surface area contributed by atoms with Crippen molar-refractivity contribution >= 4 is 22.8 Å². The number of aromatic amines is 1. The normalized spacial score (nSPS) is 12.2. The molecule has 3 rings (SSSR count). The van der Waals surface area contributed by atoms with Gasteiger partial charge in [-0.15, -0.1) is 0 Å². The third-order valence-electron chi connectivity index (χ3n) is 3.19. The van der Waals surface area contributed by atoms with Crippen LogP contribution in [0.4, 0.5) is 0 Å². The lowest BCUT2D eigenvalue weighted by molar-refractivity contribution is 0.278. The second kappa shape index (κ2) is 4.78. The largest absolute Gasteiger partial charge is 0.391 e. The number of aliphatic hydroxyl groups is 1. The first-order valence-electron chi connectivity index (χ1n) is 6.46. The number of imidazole rings is 1. The molecule has 21 heavy (non-hydrogen) atoms. The van der Waals surface area contributed by atoms with Crippen LogP contribution in [0.25, 0.3) is 17.0 Å². The van der Waals surface area contributed by atoms with Gasteiger partial charge >= 0.3 is 0 Å². The maximum absolute atomic E-state index is 9.61. The average molecular weight is 307 g/mol. The summed E-state index contributed by atoms with van der Waals surface area (Å²) >= 11 is 6.38. The molecule has 8 heteroatoms. The van der Waals surface area contributed by atoms with E-state index >= 15 is 0 Å². The van der Waals surface area contributed by atoms with Gasteiger partial charge < -0.3 is 10.1 Å². The molecule has 2 N–H and O–H groups in total. The summed E-state index contributed by atoms with van der Waals surface area (Å²) in [4.78, 5) is 15.4. The van der Waals surface area contributed by atoms with Crippen molar-refractivity contribution in [2.75, 3.05) is 0 Å². The Kier molecular flexibility index (Phi) is 3.18. The number of nitrogens with zero attached hydrogens (tertiary/aromatic N) is 5. The molecule has 0 saturated heterocycles. The fourth-order valence-electron chi connectivity index (χ4n) is 2.23. The van der Waals surface area contributed by atoms with Gasteiger partial charge in [0.05, 0.1) is 18.6 Å². The SMILES string of the molecule is CC(C)(C)c1nn(-c2ncnc3nc[nH]c23)c(Cl)c1CO. The van der Waals surface area contributed by atoms with Gasteiger partial charge in [-0.25, -0.2) is 19.6 Å². The molecule has 3 heterocycles. The van der Waals surface area contributed by atoms with Crippen molar-refractivity contribution in [1.29, 1.82) is 0 Å². The number of aliphatic hydroxyl groups excluding tert-OH is 1. The van der Waals surface area contributed by atoms with Crippen LogP contribution in [0.1, 0.15) is 32.0 Å². The predicted molar refractivity (Wildman–Crippen MR) is 78.4 cm³/mol. The number of H-pyrrole nitrogens is 1. The summed E-state index contributed by atoms with van der Waals surface area (Å²) in [5.74, 6) is 0.507. The van der Waals surface area contributed by atoms with E-state index in [0.717, 1.165) is 5.69 Å². The molecule has 0 spiro atoms. The first kappa shape index (κ1) is 14.0. The van der Waals surface area contributed by atoms with E-state index in [1.165, 1.54) is 17.3 Å². The molecule has 110 valence electrons. The summed E-state index contributed by atoms with van der Waals surface area (Å²) in [6.45, 7) is 5.87. The number of halogens is 1. The predicted octanol–water partition coefficient (Wildman–Crippen LogP) is 1.98. The molecule has 0 aliphatic heterocycles. The van der Waals surface area contributed by atoms with Gasteiger partial charge in [0.2, 0.25) is 0 Å². The van der Waals surface area contributed by atoms with Crippen LogP contribution in [0, 0.1) is 0 Å². The van der Waals surface area contributed by atoms with Crippen LogP contribution in [-0.2, 0) is 12.0 Å². The molecule has 0 bridgehead atoms. The van der Waals surface area contributed by atoms with Gasteiger partial charge in [-0.05, 0) is 0 Å². The van der Waals surface area contributed by atoms with Crippen LogP contribution in [0.15, 0.2) is 12.7 Å². The number of hydrogen-bond acceptors (Lipinski definition) is 5. The topological polar surface area (TPSA) is 92.5 Å². The van der Waals surface area contributed by atoms with E-state index in [9.17, 15) is 5.11 Å². The summed E-state index contributed by atoms with van der Waals surface area (Å²) in [6.07, 6.45) is 2.95. The molecule has 0 aromatic carbocycles. The third kappa shape index (κ3) is 2.18. The Hall–Kier alpha value is -1.99. The highest BCUT2D eigenvalue weighted by molar-refractivity contribution is 6.30. The summed E-state index contributed by atoms with van der Waals surface area (Å²) in [7, 11) is 0. The first-order valence-corrected chi connectivity index (χ1v) is 6.84. The van der Waals surface area contributed by atoms with E-state index < -0.39 is 0 Å². The van der Waals surface area contributed by atoms with Crippen molar-refractivity contribution in [3.05, 3.63) is 29.1 Å². The van der Waals surface area contributed by atoms with Crippen molar-refractivity contribution in [2.24, 2.45) is 0 Å². The number of rotatable bonds is 2. The Balaban J connectivity index is 2.29. The minimum Gasteiger partial charge on any atom is -0.391 e. The molecule has 0 atom stereocenters. The van der Waals surface area contributed by atoms with Crippen LogP contribution in [-0.4, -0.2) is 34.8 Å². The molecule has 0 aliphatic carbocycles. The number of nitrogens with one attached hydrogen (secondary N) is 1. The molecule has 0 fully saturated rings. The highest BCUT2D eigenvalue weighted by Crippen LogP contribution is 2.32. The molecule has 3 aromatic rings. The third-order valence-corrected chi connectivity index (χ3v) is 3.58. The van der Waals surface area contributed by atoms with E-state index in [0.29, 0.717) is 27.7 Å². The van der Waals surface area contributed by atoms with Gasteiger partial charge in [-0.2, -0.15) is 5.10 Å². The lowest BCUT2D eigenvalue weighted by Crippen LogP contribution is -2.15. The van der Waals surface area contributed by atoms with E-state index in [1.807, 2.05) is 20.8 Å². The zero-order valence-electron chi connectivity index (χ0n) is 11.9. The molecular formula is C13H15ClN6O. The lowest BCUT2D eigenvalue weighted by Gasteiger charge is -2.16. The smallest absolute Gasteiger partial charge is 0.184 e. The van der Waals surface area contributed by atoms with Crippen molar-refractivity contribution in [2.45, 2.75) is 32.8 Å². The minimum absolute atomic E-state index is 0.178. The van der Waals surface area contributed by atoms with E-state index in [-0.39, 0.29) is 12.0 Å². The Bertz CT molecular complexity index is 801. The van der Waals surface area contributed by atoms with Crippen molar-refractivity contribution < 1.29 is 5.11 Å². The Labute approximate surface area is 126 Å². The maximum Gasteiger partial charge on any atom is 0.184 e. The van der Waals surface area contributed by atoms with Gasteiger partial charge in [0.15, 0.2) is 11.5 Å². The molecule has 0 saturated carbocycles. The molecule has 3 aromatic heterocycles. The van der Waals surface area contributed by atoms with Crippen LogP contribution >= 0.6 is 11.6 Å². The van der Waals surface area contributed by atoms with E-state index in [1.54, 1.807) is 0 Å². The molecule has 7 nitrogen and oxygen atoms in total. The second-order valence-corrected chi connectivity index (χ2v) is 6.09. The van der Waals surface area contributed by atoms with Gasteiger partial charge in [-0.1, -0.05) is 32.4 Å². The number of hydrogen-bond donors (Lipinski definition) is 2. The molecule has 0 amide bonds. The summed E-state index contributed by atoms with van der Waals surface area (Å²) in [5.41, 5.74) is 2.28. The van der Waals surface area contributed by atoms with Crippen LogP contribution < -0.4 is 0 Å². The van der Waals surface area contributed by atoms with Gasteiger partial charge in [0, 0.05) is 11.0 Å². The van der Waals surface area contributed by atoms with Gasteiger partial charge in [0.1, 0.15) is 17.0 Å². The van der Waals surface area contributed by atoms with Crippen molar-refractivity contribution in [3.8, 4) is 5.82 Å². The highest BCUT2D eigenvalue weighted by Gasteiger charge is 2.27. The monoisotopic (exact) mass is 306 g/mol. The van der Waals surface area contributed by atoms with E-state index in [2.05, 4.69) is 25.0 Å². The van der Waals surface area contributed by atoms with Crippen molar-refractivity contribution in [3.63, 3.8) is 0 Å². The summed E-state index contributed by atoms with van der Waals surface area (Å²) in [6, 6.07) is 0. The Morgan fingerprint density at radius 3 is 2.67 bits per heavy atom. The van der Waals surface area contributed by atoms with Crippen LogP contribution in [0.2, 0.25) is 5.15 Å². The molecule has 0 unspecified atom stereocenters. The van der Waals surface area contributed by atoms with Crippen molar-refractivity contribution in [1.82, 2.24) is 29.7 Å². The minimum atomic E-state index is -0.243. The Morgan fingerprint density at radius 1 is 1.29 bits per heavy atom. The molecule has 0 radical (unpaired) electrons. The highest BCUT2D eigenvalue weighted by atomic mass is 35.5. The van der Waals surface area contributed by atoms with Crippen LogP contribution in [0.3, 0.4) is 0 Å². The molecule has 0 aliphatic rings. The number of aromatic nitrogens is 6. The fourth-order valence-corrected chi connectivity index (χ4v) is 2.49. The van der Waals surface area contributed by atoms with Gasteiger partial charge in [0.25, 0.3) is 0 Å². The first-order chi connectivity index (χ1) is 9.93. The summed E-state index contributed by atoms with van der Waals surface area (Å²) in [5, 5.41) is 14.5. The quantitative estimate of drug-likeness (QED) is 0.755. The zero-order chi connectivity index (χ0) is 15.2. The Morgan fingerprint density at radius 2 is 2.05 bits per heavy atom. The average Bonchev–Trinajstić information content (AvgIpc) is 3.01. The zero-order valence-corrected chi connectivity index (χ0v) is 12.7. The lowest BCUT2D eigenvalue weighted by atomic mass is 9.90. The maximum atomic E-state index is 9.61.